The minimum atomic E-state index is -0.588. The number of amides is 2. The van der Waals surface area contributed by atoms with Crippen molar-refractivity contribution in [2.45, 2.75) is 20.0 Å². The van der Waals surface area contributed by atoms with E-state index in [1.807, 2.05) is 61.5 Å². The summed E-state index contributed by atoms with van der Waals surface area (Å²) in [6.45, 7) is 2.57. The van der Waals surface area contributed by atoms with Crippen LogP contribution in [0.2, 0.25) is 0 Å². The van der Waals surface area contributed by atoms with Crippen molar-refractivity contribution in [3.8, 4) is 0 Å². The third-order valence-electron chi connectivity index (χ3n) is 5.24. The van der Waals surface area contributed by atoms with E-state index in [0.29, 0.717) is 12.4 Å². The van der Waals surface area contributed by atoms with Crippen LogP contribution in [0.3, 0.4) is 0 Å². The molecule has 0 saturated heterocycles. The number of nitrogens with one attached hydrogen (secondary N) is 1. The largest absolute Gasteiger partial charge is 0.345 e. The quantitative estimate of drug-likeness (QED) is 0.479. The van der Waals surface area contributed by atoms with Gasteiger partial charge in [0.15, 0.2) is 0 Å². The first kappa shape index (κ1) is 21.2. The number of hydrogen-bond acceptors (Lipinski definition) is 3. The maximum absolute atomic E-state index is 13.9. The van der Waals surface area contributed by atoms with Gasteiger partial charge in [-0.2, -0.15) is 0 Å². The molecule has 4 rings (SSSR count). The third-order valence-corrected chi connectivity index (χ3v) is 5.24. The van der Waals surface area contributed by atoms with Crippen LogP contribution in [-0.2, 0) is 17.9 Å². The van der Waals surface area contributed by atoms with Gasteiger partial charge in [0, 0.05) is 12.2 Å². The van der Waals surface area contributed by atoms with Crippen LogP contribution >= 0.6 is 0 Å². The lowest BCUT2D eigenvalue weighted by molar-refractivity contribution is -0.119. The summed E-state index contributed by atoms with van der Waals surface area (Å²) in [7, 11) is 0. The van der Waals surface area contributed by atoms with E-state index in [2.05, 4.69) is 10.3 Å². The standard InChI is InChI=1S/C25H23FN4O2/c1-2-29(18-10-4-3-5-11-18)24(31)17-30-22-15-9-8-14-21(22)28-23(30)16-27-25(32)19-12-6-7-13-20(19)26/h3-15H,2,16-17H2,1H3,(H,27,32). The minimum absolute atomic E-state index is 0.0347. The van der Waals surface area contributed by atoms with Gasteiger partial charge >= 0.3 is 0 Å². The fourth-order valence-corrected chi connectivity index (χ4v) is 3.67. The molecular weight excluding hydrogens is 407 g/mol. The molecule has 32 heavy (non-hydrogen) atoms. The summed E-state index contributed by atoms with van der Waals surface area (Å²) in [5, 5.41) is 2.72. The maximum Gasteiger partial charge on any atom is 0.254 e. The number of anilines is 1. The van der Waals surface area contributed by atoms with Crippen LogP contribution in [0.4, 0.5) is 10.1 Å². The summed E-state index contributed by atoms with van der Waals surface area (Å²) in [4.78, 5) is 31.9. The first-order chi connectivity index (χ1) is 15.6. The first-order valence-corrected chi connectivity index (χ1v) is 10.4. The van der Waals surface area contributed by atoms with Crippen LogP contribution < -0.4 is 10.2 Å². The molecule has 6 nitrogen and oxygen atoms in total. The molecule has 0 aliphatic carbocycles. The zero-order valence-electron chi connectivity index (χ0n) is 17.7. The number of fused-ring (bicyclic) bond motifs is 1. The van der Waals surface area contributed by atoms with E-state index in [1.54, 1.807) is 15.5 Å². The van der Waals surface area contributed by atoms with E-state index < -0.39 is 11.7 Å². The molecule has 0 saturated carbocycles. The van der Waals surface area contributed by atoms with Crippen molar-refractivity contribution in [1.29, 1.82) is 0 Å². The number of imidazole rings is 1. The second kappa shape index (κ2) is 9.43. The molecule has 3 aromatic carbocycles. The van der Waals surface area contributed by atoms with Gasteiger partial charge in [-0.25, -0.2) is 9.37 Å². The predicted molar refractivity (Wildman–Crippen MR) is 122 cm³/mol. The number of rotatable bonds is 7. The summed E-state index contributed by atoms with van der Waals surface area (Å²) in [5.41, 5.74) is 2.30. The average molecular weight is 430 g/mol. The minimum Gasteiger partial charge on any atom is -0.345 e. The first-order valence-electron chi connectivity index (χ1n) is 10.4. The lowest BCUT2D eigenvalue weighted by Gasteiger charge is -2.22. The summed E-state index contributed by atoms with van der Waals surface area (Å²) >= 11 is 0. The highest BCUT2D eigenvalue weighted by Gasteiger charge is 2.19. The van der Waals surface area contributed by atoms with Crippen molar-refractivity contribution in [2.75, 3.05) is 11.4 Å². The van der Waals surface area contributed by atoms with E-state index in [1.165, 1.54) is 18.2 Å². The summed E-state index contributed by atoms with van der Waals surface area (Å²) in [5.74, 6) is -0.695. The van der Waals surface area contributed by atoms with Crippen LogP contribution in [0.25, 0.3) is 11.0 Å². The number of likely N-dealkylation sites (N-methyl/N-ethyl adjacent to an activating group) is 1. The van der Waals surface area contributed by atoms with Crippen LogP contribution in [0, 0.1) is 5.82 Å². The second-order valence-corrected chi connectivity index (χ2v) is 7.24. The Bertz CT molecular complexity index is 1250. The number of carbonyl (C=O) groups is 2. The highest BCUT2D eigenvalue weighted by molar-refractivity contribution is 5.95. The van der Waals surface area contributed by atoms with Gasteiger partial charge in [0.05, 0.1) is 23.1 Å². The molecule has 0 aliphatic rings. The van der Waals surface area contributed by atoms with Gasteiger partial charge in [-0.05, 0) is 43.3 Å². The number of aromatic nitrogens is 2. The zero-order chi connectivity index (χ0) is 22.5. The highest BCUT2D eigenvalue weighted by atomic mass is 19.1. The highest BCUT2D eigenvalue weighted by Crippen LogP contribution is 2.19. The van der Waals surface area contributed by atoms with Gasteiger partial charge in [0.2, 0.25) is 5.91 Å². The Morgan fingerprint density at radius 2 is 1.66 bits per heavy atom. The fourth-order valence-electron chi connectivity index (χ4n) is 3.67. The number of halogens is 1. The molecule has 0 bridgehead atoms. The van der Waals surface area contributed by atoms with Gasteiger partial charge in [-0.3, -0.25) is 9.59 Å². The van der Waals surface area contributed by atoms with Crippen LogP contribution in [0.5, 0.6) is 0 Å². The molecule has 1 heterocycles. The van der Waals surface area contributed by atoms with Gasteiger partial charge < -0.3 is 14.8 Å². The molecular formula is C25H23FN4O2. The number of carbonyl (C=O) groups excluding carboxylic acids is 2. The molecule has 0 fully saturated rings. The Kier molecular flexibility index (Phi) is 6.26. The van der Waals surface area contributed by atoms with E-state index >= 15 is 0 Å². The number of nitrogens with zero attached hydrogens (tertiary/aromatic N) is 3. The SMILES string of the molecule is CCN(C(=O)Cn1c(CNC(=O)c2ccccc2F)nc2ccccc21)c1ccccc1. The smallest absolute Gasteiger partial charge is 0.254 e. The molecule has 4 aromatic rings. The maximum atomic E-state index is 13.9. The normalized spacial score (nSPS) is 10.8. The third kappa shape index (κ3) is 4.37. The number of benzene rings is 3. The van der Waals surface area contributed by atoms with Crippen molar-refractivity contribution in [2.24, 2.45) is 0 Å². The fraction of sp³-hybridized carbons (Fsp3) is 0.160. The molecule has 0 spiro atoms. The molecule has 7 heteroatoms. The molecule has 0 aliphatic heterocycles. The van der Waals surface area contributed by atoms with Crippen molar-refractivity contribution in [1.82, 2.24) is 14.9 Å². The molecule has 0 radical (unpaired) electrons. The van der Waals surface area contributed by atoms with E-state index in [4.69, 9.17) is 0 Å². The lowest BCUT2D eigenvalue weighted by Crippen LogP contribution is -2.34. The second-order valence-electron chi connectivity index (χ2n) is 7.24. The zero-order valence-corrected chi connectivity index (χ0v) is 17.7. The Labute approximate surface area is 185 Å². The van der Waals surface area contributed by atoms with Gasteiger partial charge in [-0.1, -0.05) is 42.5 Å². The van der Waals surface area contributed by atoms with Gasteiger partial charge in [0.1, 0.15) is 18.2 Å². The Hall–Kier alpha value is -4.00. The Morgan fingerprint density at radius 3 is 2.41 bits per heavy atom. The molecule has 0 unspecified atom stereocenters. The van der Waals surface area contributed by atoms with Crippen molar-refractivity contribution >= 4 is 28.5 Å². The predicted octanol–water partition coefficient (Wildman–Crippen LogP) is 4.16. The van der Waals surface area contributed by atoms with Crippen LogP contribution in [0.1, 0.15) is 23.1 Å². The lowest BCUT2D eigenvalue weighted by atomic mass is 10.2. The monoisotopic (exact) mass is 430 g/mol. The van der Waals surface area contributed by atoms with Crippen LogP contribution in [0.15, 0.2) is 78.9 Å². The van der Waals surface area contributed by atoms with Crippen LogP contribution in [-0.4, -0.2) is 27.9 Å². The topological polar surface area (TPSA) is 67.2 Å². The van der Waals surface area contributed by atoms with Gasteiger partial charge in [-0.15, -0.1) is 0 Å². The van der Waals surface area contributed by atoms with E-state index in [9.17, 15) is 14.0 Å². The Morgan fingerprint density at radius 1 is 0.969 bits per heavy atom. The summed E-state index contributed by atoms with van der Waals surface area (Å²) in [6.07, 6.45) is 0. The van der Waals surface area contributed by atoms with Crippen molar-refractivity contribution < 1.29 is 14.0 Å². The molecule has 1 N–H and O–H groups in total. The molecule has 1 aromatic heterocycles. The molecule has 162 valence electrons. The van der Waals surface area contributed by atoms with E-state index in [0.717, 1.165) is 16.7 Å². The molecule has 0 atom stereocenters. The average Bonchev–Trinajstić information content (AvgIpc) is 3.16. The summed E-state index contributed by atoms with van der Waals surface area (Å²) < 4.78 is 15.7. The Balaban J connectivity index is 1.60. The summed E-state index contributed by atoms with van der Waals surface area (Å²) in [6, 6.07) is 22.8. The van der Waals surface area contributed by atoms with E-state index in [-0.39, 0.29) is 24.6 Å². The molecule has 2 amide bonds. The number of hydrogen-bond donors (Lipinski definition) is 1. The van der Waals surface area contributed by atoms with Crippen molar-refractivity contribution in [3.63, 3.8) is 0 Å². The number of para-hydroxylation sites is 3. The van der Waals surface area contributed by atoms with Crippen molar-refractivity contribution in [3.05, 3.63) is 96.1 Å². The van der Waals surface area contributed by atoms with Gasteiger partial charge in [0.25, 0.3) is 5.91 Å².